The molecular weight excluding hydrogens is 390 g/mol. The number of aryl methyl sites for hydroxylation is 1. The number of nitrogens with one attached hydrogen (secondary N) is 1. The van der Waals surface area contributed by atoms with Gasteiger partial charge in [0.2, 0.25) is 5.55 Å². The van der Waals surface area contributed by atoms with Crippen LogP contribution in [0.25, 0.3) is 11.0 Å². The first-order valence-electron chi connectivity index (χ1n) is 10.0. The highest BCUT2D eigenvalue weighted by atomic mass is 16.3. The van der Waals surface area contributed by atoms with Gasteiger partial charge in [0.25, 0.3) is 5.91 Å². The van der Waals surface area contributed by atoms with Crippen LogP contribution in [0.15, 0.2) is 76.3 Å². The Kier molecular flexibility index (Phi) is 5.54. The summed E-state index contributed by atoms with van der Waals surface area (Å²) in [6.07, 6.45) is 1.69. The number of phenolic OH excluding ortho intramolecular Hbond substituents is 1. The van der Waals surface area contributed by atoms with E-state index in [1.807, 2.05) is 37.3 Å². The number of hydrogen-bond acceptors (Lipinski definition) is 5. The van der Waals surface area contributed by atoms with E-state index in [0.29, 0.717) is 28.4 Å². The van der Waals surface area contributed by atoms with Crippen molar-refractivity contribution in [3.8, 4) is 5.75 Å². The number of nitrogens with zero attached hydrogens (tertiary/aromatic N) is 2. The molecule has 0 saturated heterocycles. The molecule has 156 valence electrons. The number of aromatic nitrogens is 1. The van der Waals surface area contributed by atoms with Crippen molar-refractivity contribution in [3.63, 3.8) is 0 Å². The standard InChI is InChI=1S/C25H23N3O3/c1-15(2)17-5-8-19(9-6-17)27-25-21(12-18-7-10-20(29)13-22(18)31-25)24(30)28-23-11-4-16(3)14-26-23/h4-15,29H,1-3H3,(H,26,28,30). The number of hydrogen-bond donors (Lipinski definition) is 2. The van der Waals surface area contributed by atoms with Crippen molar-refractivity contribution >= 4 is 28.4 Å². The van der Waals surface area contributed by atoms with Crippen LogP contribution in [0.2, 0.25) is 0 Å². The molecule has 4 rings (SSSR count). The Balaban J connectivity index is 1.81. The van der Waals surface area contributed by atoms with E-state index in [4.69, 9.17) is 4.42 Å². The molecule has 6 nitrogen and oxygen atoms in total. The van der Waals surface area contributed by atoms with Crippen molar-refractivity contribution in [3.05, 3.63) is 89.1 Å². The number of carbonyl (C=O) groups excluding carboxylic acids is 1. The molecule has 0 fully saturated rings. The molecule has 0 aliphatic rings. The summed E-state index contributed by atoms with van der Waals surface area (Å²) < 4.78 is 5.93. The molecule has 1 amide bonds. The zero-order chi connectivity index (χ0) is 22.0. The number of pyridine rings is 1. The minimum Gasteiger partial charge on any atom is -0.508 e. The predicted octanol–water partition coefficient (Wildman–Crippen LogP) is 5.45. The van der Waals surface area contributed by atoms with Crippen LogP contribution in [-0.2, 0) is 0 Å². The summed E-state index contributed by atoms with van der Waals surface area (Å²) in [5.41, 5.74) is 3.72. The summed E-state index contributed by atoms with van der Waals surface area (Å²) in [5.74, 6) is 0.538. The van der Waals surface area contributed by atoms with Gasteiger partial charge in [0.1, 0.15) is 22.7 Å². The van der Waals surface area contributed by atoms with Gasteiger partial charge in [0, 0.05) is 17.6 Å². The molecule has 2 N–H and O–H groups in total. The van der Waals surface area contributed by atoms with Crippen LogP contribution < -0.4 is 10.9 Å². The maximum Gasteiger partial charge on any atom is 0.262 e. The normalized spacial score (nSPS) is 11.8. The van der Waals surface area contributed by atoms with Gasteiger partial charge in [-0.1, -0.05) is 32.0 Å². The van der Waals surface area contributed by atoms with Crippen LogP contribution in [0.1, 0.15) is 41.3 Å². The van der Waals surface area contributed by atoms with Crippen molar-refractivity contribution < 1.29 is 14.3 Å². The largest absolute Gasteiger partial charge is 0.508 e. The van der Waals surface area contributed by atoms with Gasteiger partial charge in [-0.2, -0.15) is 0 Å². The summed E-state index contributed by atoms with van der Waals surface area (Å²) in [6, 6.07) is 17.8. The van der Waals surface area contributed by atoms with Gasteiger partial charge < -0.3 is 14.8 Å². The minimum absolute atomic E-state index is 0.0737. The molecule has 6 heteroatoms. The van der Waals surface area contributed by atoms with Gasteiger partial charge in [0.05, 0.1) is 5.69 Å². The minimum atomic E-state index is -0.382. The lowest BCUT2D eigenvalue weighted by atomic mass is 10.0. The maximum atomic E-state index is 13.0. The van der Waals surface area contributed by atoms with E-state index in [1.54, 1.807) is 30.5 Å². The van der Waals surface area contributed by atoms with Crippen LogP contribution >= 0.6 is 0 Å². The Labute approximate surface area is 179 Å². The highest BCUT2D eigenvalue weighted by Gasteiger charge is 2.14. The van der Waals surface area contributed by atoms with Gasteiger partial charge >= 0.3 is 0 Å². The number of phenols is 1. The quantitative estimate of drug-likeness (QED) is 0.466. The molecule has 0 aliphatic carbocycles. The smallest absolute Gasteiger partial charge is 0.262 e. The van der Waals surface area contributed by atoms with E-state index in [1.165, 1.54) is 11.6 Å². The molecular formula is C25H23N3O3. The lowest BCUT2D eigenvalue weighted by Gasteiger charge is -2.07. The molecule has 31 heavy (non-hydrogen) atoms. The highest BCUT2D eigenvalue weighted by molar-refractivity contribution is 6.05. The first kappa shape index (κ1) is 20.3. The van der Waals surface area contributed by atoms with E-state index in [0.717, 1.165) is 5.56 Å². The summed E-state index contributed by atoms with van der Waals surface area (Å²) in [6.45, 7) is 6.18. The van der Waals surface area contributed by atoms with Gasteiger partial charge in [-0.15, -0.1) is 0 Å². The fourth-order valence-electron chi connectivity index (χ4n) is 3.13. The average molecular weight is 413 g/mol. The Hall–Kier alpha value is -3.93. The molecule has 0 atom stereocenters. The fraction of sp³-hybridized carbons (Fsp3) is 0.160. The Morgan fingerprint density at radius 3 is 2.52 bits per heavy atom. The first-order chi connectivity index (χ1) is 14.9. The number of benzene rings is 2. The number of amides is 1. The van der Waals surface area contributed by atoms with Crippen LogP contribution in [0.4, 0.5) is 11.5 Å². The number of carbonyl (C=O) groups is 1. The number of rotatable bonds is 4. The van der Waals surface area contributed by atoms with Crippen LogP contribution in [0, 0.1) is 6.92 Å². The molecule has 0 spiro atoms. The zero-order valence-corrected chi connectivity index (χ0v) is 17.6. The van der Waals surface area contributed by atoms with Gasteiger partial charge in [0.15, 0.2) is 0 Å². The van der Waals surface area contributed by atoms with E-state index in [-0.39, 0.29) is 22.8 Å². The maximum absolute atomic E-state index is 13.0. The Bertz CT molecular complexity index is 1300. The molecule has 2 heterocycles. The third-order valence-corrected chi connectivity index (χ3v) is 4.92. The molecule has 2 aromatic heterocycles. The van der Waals surface area contributed by atoms with E-state index in [9.17, 15) is 9.90 Å². The lowest BCUT2D eigenvalue weighted by Crippen LogP contribution is -2.22. The predicted molar refractivity (Wildman–Crippen MR) is 121 cm³/mol. The Morgan fingerprint density at radius 2 is 1.84 bits per heavy atom. The highest BCUT2D eigenvalue weighted by Crippen LogP contribution is 2.22. The molecule has 4 aromatic rings. The van der Waals surface area contributed by atoms with Crippen LogP contribution in [-0.4, -0.2) is 16.0 Å². The van der Waals surface area contributed by atoms with Crippen molar-refractivity contribution in [1.82, 2.24) is 4.98 Å². The van der Waals surface area contributed by atoms with Gasteiger partial charge in [-0.25, -0.2) is 9.98 Å². The van der Waals surface area contributed by atoms with E-state index < -0.39 is 0 Å². The molecule has 0 saturated carbocycles. The number of anilines is 1. The Morgan fingerprint density at radius 1 is 1.06 bits per heavy atom. The fourth-order valence-corrected chi connectivity index (χ4v) is 3.13. The third-order valence-electron chi connectivity index (χ3n) is 4.92. The SMILES string of the molecule is Cc1ccc(NC(=O)c2cc3ccc(O)cc3oc2=Nc2ccc(C(C)C)cc2)nc1. The summed E-state index contributed by atoms with van der Waals surface area (Å²) >= 11 is 0. The topological polar surface area (TPSA) is 87.7 Å². The first-order valence-corrected chi connectivity index (χ1v) is 10.0. The second-order valence-electron chi connectivity index (χ2n) is 7.72. The summed E-state index contributed by atoms with van der Waals surface area (Å²) in [4.78, 5) is 21.8. The van der Waals surface area contributed by atoms with Crippen LogP contribution in [0.5, 0.6) is 5.75 Å². The van der Waals surface area contributed by atoms with E-state index >= 15 is 0 Å². The van der Waals surface area contributed by atoms with Crippen molar-refractivity contribution in [2.75, 3.05) is 5.32 Å². The molecule has 0 unspecified atom stereocenters. The zero-order valence-electron chi connectivity index (χ0n) is 17.6. The van der Waals surface area contributed by atoms with E-state index in [2.05, 4.69) is 29.1 Å². The van der Waals surface area contributed by atoms with Crippen molar-refractivity contribution in [1.29, 1.82) is 0 Å². The second-order valence-corrected chi connectivity index (χ2v) is 7.72. The molecule has 0 aliphatic heterocycles. The number of aromatic hydroxyl groups is 1. The summed E-state index contributed by atoms with van der Waals surface area (Å²) in [5, 5.41) is 13.3. The van der Waals surface area contributed by atoms with Gasteiger partial charge in [-0.05, 0) is 60.4 Å². The van der Waals surface area contributed by atoms with Gasteiger partial charge in [-0.3, -0.25) is 4.79 Å². The van der Waals surface area contributed by atoms with Crippen molar-refractivity contribution in [2.45, 2.75) is 26.7 Å². The summed E-state index contributed by atoms with van der Waals surface area (Å²) in [7, 11) is 0. The van der Waals surface area contributed by atoms with Crippen LogP contribution in [0.3, 0.4) is 0 Å². The molecule has 0 radical (unpaired) electrons. The number of fused-ring (bicyclic) bond motifs is 1. The monoisotopic (exact) mass is 413 g/mol. The molecule has 2 aromatic carbocycles. The second kappa shape index (κ2) is 8.44. The lowest BCUT2D eigenvalue weighted by molar-refractivity contribution is 0.102. The molecule has 0 bridgehead atoms. The average Bonchev–Trinajstić information content (AvgIpc) is 2.75. The van der Waals surface area contributed by atoms with Crippen molar-refractivity contribution in [2.24, 2.45) is 4.99 Å². The third kappa shape index (κ3) is 4.64.